The highest BCUT2D eigenvalue weighted by atomic mass is 35.5. The highest BCUT2D eigenvalue weighted by molar-refractivity contribution is 6.30. The molecule has 1 saturated heterocycles. The van der Waals surface area contributed by atoms with Crippen LogP contribution in [-0.2, 0) is 19.1 Å². The lowest BCUT2D eigenvalue weighted by atomic mass is 10.1. The Bertz CT molecular complexity index is 951. The summed E-state index contributed by atoms with van der Waals surface area (Å²) in [5.41, 5.74) is 1.27. The van der Waals surface area contributed by atoms with Gasteiger partial charge in [0.2, 0.25) is 11.8 Å². The number of ether oxygens (including phenoxy) is 2. The monoisotopic (exact) mass is 459 g/mol. The molecule has 0 spiro atoms. The van der Waals surface area contributed by atoms with Gasteiger partial charge < -0.3 is 25.0 Å². The molecule has 3 amide bonds. The molecule has 2 aromatic rings. The molecular formula is C23H26ClN3O5. The van der Waals surface area contributed by atoms with Crippen LogP contribution in [0, 0.1) is 5.92 Å². The van der Waals surface area contributed by atoms with Gasteiger partial charge in [0, 0.05) is 49.6 Å². The molecule has 8 nitrogen and oxygen atoms in total. The first kappa shape index (κ1) is 23.6. The molecule has 1 heterocycles. The van der Waals surface area contributed by atoms with E-state index in [1.165, 1.54) is 0 Å². The van der Waals surface area contributed by atoms with Crippen molar-refractivity contribution in [3.8, 4) is 5.75 Å². The lowest BCUT2D eigenvalue weighted by molar-refractivity contribution is -0.126. The minimum Gasteiger partial charge on any atom is -0.484 e. The average Bonchev–Trinajstić information content (AvgIpc) is 3.17. The maximum Gasteiger partial charge on any atom is 0.262 e. The zero-order chi connectivity index (χ0) is 22.9. The minimum absolute atomic E-state index is 0.100. The van der Waals surface area contributed by atoms with E-state index >= 15 is 0 Å². The van der Waals surface area contributed by atoms with Crippen molar-refractivity contribution in [2.45, 2.75) is 12.8 Å². The van der Waals surface area contributed by atoms with Gasteiger partial charge in [0.15, 0.2) is 6.61 Å². The van der Waals surface area contributed by atoms with Gasteiger partial charge in [0.25, 0.3) is 5.91 Å². The fourth-order valence-electron chi connectivity index (χ4n) is 3.34. The van der Waals surface area contributed by atoms with Crippen LogP contribution >= 0.6 is 11.6 Å². The van der Waals surface area contributed by atoms with Gasteiger partial charge >= 0.3 is 0 Å². The largest absolute Gasteiger partial charge is 0.484 e. The van der Waals surface area contributed by atoms with Gasteiger partial charge in [0.05, 0.1) is 5.92 Å². The first-order valence-corrected chi connectivity index (χ1v) is 10.7. The summed E-state index contributed by atoms with van der Waals surface area (Å²) in [5.74, 6) is -0.421. The van der Waals surface area contributed by atoms with E-state index in [1.54, 1.807) is 60.5 Å². The molecular weight excluding hydrogens is 434 g/mol. The van der Waals surface area contributed by atoms with E-state index in [1.807, 2.05) is 0 Å². The maximum absolute atomic E-state index is 12.4. The quantitative estimate of drug-likeness (QED) is 0.532. The van der Waals surface area contributed by atoms with Gasteiger partial charge in [-0.15, -0.1) is 0 Å². The Morgan fingerprint density at radius 1 is 1.19 bits per heavy atom. The predicted molar refractivity (Wildman–Crippen MR) is 122 cm³/mol. The maximum atomic E-state index is 12.4. The van der Waals surface area contributed by atoms with Crippen molar-refractivity contribution < 1.29 is 23.9 Å². The summed E-state index contributed by atoms with van der Waals surface area (Å²) in [6, 6.07) is 13.7. The van der Waals surface area contributed by atoms with E-state index in [0.717, 1.165) is 6.42 Å². The lowest BCUT2D eigenvalue weighted by Crippen LogP contribution is -2.33. The molecule has 1 aliphatic heterocycles. The molecule has 0 saturated carbocycles. The summed E-state index contributed by atoms with van der Waals surface area (Å²) < 4.78 is 10.5. The smallest absolute Gasteiger partial charge is 0.262 e. The third kappa shape index (κ3) is 6.70. The highest BCUT2D eigenvalue weighted by Crippen LogP contribution is 2.27. The minimum atomic E-state index is -0.379. The Hall–Kier alpha value is -3.10. The predicted octanol–water partition coefficient (Wildman–Crippen LogP) is 2.86. The van der Waals surface area contributed by atoms with Gasteiger partial charge in [-0.1, -0.05) is 17.7 Å². The van der Waals surface area contributed by atoms with Crippen molar-refractivity contribution in [1.29, 1.82) is 0 Å². The van der Waals surface area contributed by atoms with Gasteiger partial charge in [0.1, 0.15) is 5.75 Å². The molecule has 0 aromatic heterocycles. The second kappa shape index (κ2) is 11.5. The van der Waals surface area contributed by atoms with Crippen LogP contribution in [0.25, 0.3) is 0 Å². The Morgan fingerprint density at radius 2 is 1.97 bits per heavy atom. The highest BCUT2D eigenvalue weighted by Gasteiger charge is 2.34. The summed E-state index contributed by atoms with van der Waals surface area (Å²) in [7, 11) is 1.61. The van der Waals surface area contributed by atoms with Crippen LogP contribution in [0.1, 0.15) is 12.8 Å². The van der Waals surface area contributed by atoms with Crippen LogP contribution in [0.15, 0.2) is 48.5 Å². The molecule has 32 heavy (non-hydrogen) atoms. The van der Waals surface area contributed by atoms with Gasteiger partial charge in [-0.2, -0.15) is 0 Å². The van der Waals surface area contributed by atoms with Gasteiger partial charge in [-0.3, -0.25) is 14.4 Å². The van der Waals surface area contributed by atoms with E-state index < -0.39 is 0 Å². The number of hydrogen-bond donors (Lipinski definition) is 2. The molecule has 0 radical (unpaired) electrons. The number of hydrogen-bond acceptors (Lipinski definition) is 5. The fraction of sp³-hybridized carbons (Fsp3) is 0.348. The zero-order valence-electron chi connectivity index (χ0n) is 17.8. The van der Waals surface area contributed by atoms with Crippen molar-refractivity contribution in [2.24, 2.45) is 5.92 Å². The molecule has 170 valence electrons. The topological polar surface area (TPSA) is 97.0 Å². The van der Waals surface area contributed by atoms with Crippen LogP contribution in [0.2, 0.25) is 5.02 Å². The summed E-state index contributed by atoms with van der Waals surface area (Å²) >= 11 is 5.90. The SMILES string of the molecule is COCCCNC(=O)[C@H]1CC(=O)N(c2ccc(OCC(=O)Nc3cccc(Cl)c3)cc2)C1. The Morgan fingerprint density at radius 3 is 2.69 bits per heavy atom. The van der Waals surface area contributed by atoms with Crippen molar-refractivity contribution in [1.82, 2.24) is 5.32 Å². The summed E-state index contributed by atoms with van der Waals surface area (Å²) in [6.45, 7) is 1.26. The Kier molecular flexibility index (Phi) is 8.47. The van der Waals surface area contributed by atoms with Gasteiger partial charge in [-0.05, 0) is 48.9 Å². The second-order valence-electron chi connectivity index (χ2n) is 7.38. The molecule has 0 unspecified atom stereocenters. The van der Waals surface area contributed by atoms with Crippen molar-refractivity contribution in [3.63, 3.8) is 0 Å². The number of rotatable bonds is 10. The number of benzene rings is 2. The number of nitrogens with zero attached hydrogens (tertiary/aromatic N) is 1. The van der Waals surface area contributed by atoms with Gasteiger partial charge in [-0.25, -0.2) is 0 Å². The van der Waals surface area contributed by atoms with Crippen LogP contribution in [0.4, 0.5) is 11.4 Å². The molecule has 2 aromatic carbocycles. The number of amides is 3. The summed E-state index contributed by atoms with van der Waals surface area (Å²) in [5, 5.41) is 6.08. The molecule has 1 aliphatic rings. The number of carbonyl (C=O) groups excluding carboxylic acids is 3. The van der Waals surface area contributed by atoms with Crippen LogP contribution < -0.4 is 20.3 Å². The number of carbonyl (C=O) groups is 3. The first-order chi connectivity index (χ1) is 15.5. The summed E-state index contributed by atoms with van der Waals surface area (Å²) in [6.07, 6.45) is 0.906. The standard InChI is InChI=1S/C23H26ClN3O5/c1-31-11-3-10-25-23(30)16-12-22(29)27(14-16)19-6-8-20(9-7-19)32-15-21(28)26-18-5-2-4-17(24)13-18/h2,4-9,13,16H,3,10-12,14-15H2,1H3,(H,25,30)(H,26,28)/t16-/m0/s1. The van der Waals surface area contributed by atoms with Crippen LogP contribution in [0.5, 0.6) is 5.75 Å². The number of halogens is 1. The third-order valence-corrected chi connectivity index (χ3v) is 5.18. The fourth-order valence-corrected chi connectivity index (χ4v) is 3.53. The normalized spacial score (nSPS) is 15.5. The van der Waals surface area contributed by atoms with Crippen molar-refractivity contribution in [2.75, 3.05) is 43.6 Å². The number of methoxy groups -OCH3 is 1. The Balaban J connectivity index is 1.48. The zero-order valence-corrected chi connectivity index (χ0v) is 18.6. The average molecular weight is 460 g/mol. The van der Waals surface area contributed by atoms with E-state index in [2.05, 4.69) is 10.6 Å². The number of anilines is 2. The molecule has 3 rings (SSSR count). The van der Waals surface area contributed by atoms with Crippen molar-refractivity contribution >= 4 is 40.7 Å². The molecule has 1 fully saturated rings. The van der Waals surface area contributed by atoms with Crippen molar-refractivity contribution in [3.05, 3.63) is 53.6 Å². The van der Waals surface area contributed by atoms with Crippen LogP contribution in [-0.4, -0.2) is 51.1 Å². The molecule has 2 N–H and O–H groups in total. The van der Waals surface area contributed by atoms with E-state index in [-0.39, 0.29) is 36.7 Å². The summed E-state index contributed by atoms with van der Waals surface area (Å²) in [4.78, 5) is 38.3. The molecule has 0 bridgehead atoms. The second-order valence-corrected chi connectivity index (χ2v) is 7.82. The number of nitrogens with one attached hydrogen (secondary N) is 2. The van der Waals surface area contributed by atoms with E-state index in [4.69, 9.17) is 21.1 Å². The Labute approximate surface area is 191 Å². The van der Waals surface area contributed by atoms with E-state index in [0.29, 0.717) is 41.8 Å². The lowest BCUT2D eigenvalue weighted by Gasteiger charge is -2.17. The molecule has 1 atom stereocenters. The third-order valence-electron chi connectivity index (χ3n) is 4.95. The molecule has 9 heteroatoms. The van der Waals surface area contributed by atoms with E-state index in [9.17, 15) is 14.4 Å². The molecule has 0 aliphatic carbocycles. The first-order valence-electron chi connectivity index (χ1n) is 10.3. The van der Waals surface area contributed by atoms with Crippen LogP contribution in [0.3, 0.4) is 0 Å².